The molecule has 5 heteroatoms. The number of amides is 2. The SMILES string of the molecule is CCc1ccc(CNC(=O)C2=NNC(=O)CC2)cc1. The van der Waals surface area contributed by atoms with Gasteiger partial charge >= 0.3 is 0 Å². The van der Waals surface area contributed by atoms with Gasteiger partial charge in [-0.25, -0.2) is 5.43 Å². The molecule has 0 saturated carbocycles. The molecule has 0 bridgehead atoms. The molecule has 2 amide bonds. The van der Waals surface area contributed by atoms with E-state index in [2.05, 4.69) is 34.9 Å². The average Bonchev–Trinajstić information content (AvgIpc) is 2.46. The van der Waals surface area contributed by atoms with Crippen molar-refractivity contribution < 1.29 is 9.59 Å². The quantitative estimate of drug-likeness (QED) is 0.851. The van der Waals surface area contributed by atoms with E-state index in [1.807, 2.05) is 12.1 Å². The second kappa shape index (κ2) is 6.13. The summed E-state index contributed by atoms with van der Waals surface area (Å²) >= 11 is 0. The zero-order valence-corrected chi connectivity index (χ0v) is 10.9. The zero-order chi connectivity index (χ0) is 13.7. The molecule has 19 heavy (non-hydrogen) atoms. The minimum absolute atomic E-state index is 0.147. The lowest BCUT2D eigenvalue weighted by atomic mass is 10.1. The van der Waals surface area contributed by atoms with Gasteiger partial charge in [0.15, 0.2) is 0 Å². The smallest absolute Gasteiger partial charge is 0.267 e. The highest BCUT2D eigenvalue weighted by atomic mass is 16.2. The fraction of sp³-hybridized carbons (Fsp3) is 0.357. The van der Waals surface area contributed by atoms with E-state index >= 15 is 0 Å². The van der Waals surface area contributed by atoms with Gasteiger partial charge in [-0.05, 0) is 17.5 Å². The Hall–Kier alpha value is -2.17. The van der Waals surface area contributed by atoms with Crippen molar-refractivity contribution in [2.75, 3.05) is 0 Å². The third-order valence-corrected chi connectivity index (χ3v) is 3.05. The lowest BCUT2D eigenvalue weighted by Gasteiger charge is -2.12. The zero-order valence-electron chi connectivity index (χ0n) is 10.9. The van der Waals surface area contributed by atoms with Crippen LogP contribution < -0.4 is 10.7 Å². The molecule has 0 spiro atoms. The first-order valence-electron chi connectivity index (χ1n) is 6.40. The van der Waals surface area contributed by atoms with Crippen LogP contribution in [-0.4, -0.2) is 17.5 Å². The molecule has 1 aromatic rings. The molecule has 1 heterocycles. The van der Waals surface area contributed by atoms with Crippen molar-refractivity contribution in [1.29, 1.82) is 0 Å². The second-order valence-corrected chi connectivity index (χ2v) is 4.45. The first-order valence-corrected chi connectivity index (χ1v) is 6.40. The van der Waals surface area contributed by atoms with Crippen LogP contribution in [0.25, 0.3) is 0 Å². The number of hydrogen-bond donors (Lipinski definition) is 2. The van der Waals surface area contributed by atoms with Gasteiger partial charge in [0, 0.05) is 19.4 Å². The van der Waals surface area contributed by atoms with Gasteiger partial charge in [0.25, 0.3) is 5.91 Å². The van der Waals surface area contributed by atoms with Crippen molar-refractivity contribution in [3.63, 3.8) is 0 Å². The van der Waals surface area contributed by atoms with Crippen molar-refractivity contribution in [3.05, 3.63) is 35.4 Å². The van der Waals surface area contributed by atoms with Crippen LogP contribution in [0.4, 0.5) is 0 Å². The van der Waals surface area contributed by atoms with Gasteiger partial charge in [0.05, 0.1) is 0 Å². The molecule has 2 rings (SSSR count). The number of hydrazone groups is 1. The van der Waals surface area contributed by atoms with Crippen LogP contribution in [0.1, 0.15) is 30.9 Å². The summed E-state index contributed by atoms with van der Waals surface area (Å²) < 4.78 is 0. The summed E-state index contributed by atoms with van der Waals surface area (Å²) in [6.07, 6.45) is 1.72. The fourth-order valence-electron chi connectivity index (χ4n) is 1.82. The standard InChI is InChI=1S/C14H17N3O2/c1-2-10-3-5-11(6-4-10)9-15-14(19)12-7-8-13(18)17-16-12/h3-6H,2,7-9H2,1H3,(H,15,19)(H,17,18). The Morgan fingerprint density at radius 2 is 1.95 bits per heavy atom. The lowest BCUT2D eigenvalue weighted by molar-refractivity contribution is -0.121. The molecule has 1 aliphatic heterocycles. The molecule has 100 valence electrons. The predicted octanol–water partition coefficient (Wildman–Crippen LogP) is 1.13. The number of carbonyl (C=O) groups is 2. The van der Waals surface area contributed by atoms with E-state index in [4.69, 9.17) is 0 Å². The molecule has 0 saturated heterocycles. The Bertz CT molecular complexity index is 506. The molecule has 0 atom stereocenters. The van der Waals surface area contributed by atoms with E-state index in [1.54, 1.807) is 0 Å². The molecule has 2 N–H and O–H groups in total. The number of aryl methyl sites for hydroxylation is 1. The summed E-state index contributed by atoms with van der Waals surface area (Å²) in [7, 11) is 0. The fourth-order valence-corrected chi connectivity index (χ4v) is 1.82. The van der Waals surface area contributed by atoms with Gasteiger partial charge in [-0.2, -0.15) is 5.10 Å². The van der Waals surface area contributed by atoms with Crippen LogP contribution >= 0.6 is 0 Å². The summed E-state index contributed by atoms with van der Waals surface area (Å²) in [5.41, 5.74) is 5.01. The van der Waals surface area contributed by atoms with Crippen molar-refractivity contribution >= 4 is 17.5 Å². The highest BCUT2D eigenvalue weighted by Crippen LogP contribution is 2.05. The van der Waals surface area contributed by atoms with Gasteiger partial charge in [0.2, 0.25) is 5.91 Å². The van der Waals surface area contributed by atoms with Gasteiger partial charge in [-0.1, -0.05) is 31.2 Å². The van der Waals surface area contributed by atoms with Crippen molar-refractivity contribution in [3.8, 4) is 0 Å². The molecule has 0 unspecified atom stereocenters. The van der Waals surface area contributed by atoms with Crippen molar-refractivity contribution in [2.24, 2.45) is 5.10 Å². The molecular formula is C14H17N3O2. The minimum Gasteiger partial charge on any atom is -0.347 e. The predicted molar refractivity (Wildman–Crippen MR) is 72.5 cm³/mol. The van der Waals surface area contributed by atoms with Crippen LogP contribution in [0.3, 0.4) is 0 Å². The summed E-state index contributed by atoms with van der Waals surface area (Å²) in [4.78, 5) is 22.7. The Morgan fingerprint density at radius 3 is 2.53 bits per heavy atom. The molecule has 5 nitrogen and oxygen atoms in total. The number of nitrogens with zero attached hydrogens (tertiary/aromatic N) is 1. The monoisotopic (exact) mass is 259 g/mol. The molecule has 0 fully saturated rings. The van der Waals surface area contributed by atoms with Gasteiger partial charge < -0.3 is 5.32 Å². The Labute approximate surface area is 112 Å². The van der Waals surface area contributed by atoms with E-state index in [9.17, 15) is 9.59 Å². The summed E-state index contributed by atoms with van der Waals surface area (Å²) in [5, 5.41) is 6.56. The first kappa shape index (κ1) is 13.3. The van der Waals surface area contributed by atoms with Gasteiger partial charge in [0.1, 0.15) is 5.71 Å². The highest BCUT2D eigenvalue weighted by molar-refractivity contribution is 6.39. The Balaban J connectivity index is 1.87. The Kier molecular flexibility index (Phi) is 4.28. The highest BCUT2D eigenvalue weighted by Gasteiger charge is 2.17. The minimum atomic E-state index is -0.223. The maximum Gasteiger partial charge on any atom is 0.267 e. The van der Waals surface area contributed by atoms with Crippen molar-refractivity contribution in [1.82, 2.24) is 10.7 Å². The summed E-state index contributed by atoms with van der Waals surface area (Å²) in [5.74, 6) is -0.369. The maximum atomic E-state index is 11.8. The third-order valence-electron chi connectivity index (χ3n) is 3.05. The normalized spacial score (nSPS) is 14.6. The number of nitrogens with one attached hydrogen (secondary N) is 2. The molecule has 1 aliphatic rings. The average molecular weight is 259 g/mol. The molecule has 0 aliphatic carbocycles. The largest absolute Gasteiger partial charge is 0.347 e. The number of hydrogen-bond acceptors (Lipinski definition) is 3. The van der Waals surface area contributed by atoms with Crippen molar-refractivity contribution in [2.45, 2.75) is 32.7 Å². The summed E-state index contributed by atoms with van der Waals surface area (Å²) in [6.45, 7) is 2.57. The number of rotatable bonds is 4. The van der Waals surface area contributed by atoms with E-state index in [-0.39, 0.29) is 11.8 Å². The van der Waals surface area contributed by atoms with E-state index in [1.165, 1.54) is 5.56 Å². The van der Waals surface area contributed by atoms with Gasteiger partial charge in [-0.15, -0.1) is 0 Å². The van der Waals surface area contributed by atoms with Gasteiger partial charge in [-0.3, -0.25) is 9.59 Å². The molecule has 0 radical (unpaired) electrons. The third kappa shape index (κ3) is 3.64. The van der Waals surface area contributed by atoms with Crippen LogP contribution in [0.2, 0.25) is 0 Å². The van der Waals surface area contributed by atoms with E-state index < -0.39 is 0 Å². The summed E-state index contributed by atoms with van der Waals surface area (Å²) in [6, 6.07) is 8.12. The molecule has 1 aromatic carbocycles. The molecule has 0 aromatic heterocycles. The maximum absolute atomic E-state index is 11.8. The van der Waals surface area contributed by atoms with E-state index in [0.29, 0.717) is 25.1 Å². The lowest BCUT2D eigenvalue weighted by Crippen LogP contribution is -2.36. The Morgan fingerprint density at radius 1 is 1.26 bits per heavy atom. The van der Waals surface area contributed by atoms with Crippen LogP contribution in [0.5, 0.6) is 0 Å². The number of carbonyl (C=O) groups excluding carboxylic acids is 2. The van der Waals surface area contributed by atoms with Crippen LogP contribution in [0, 0.1) is 0 Å². The number of benzene rings is 1. The van der Waals surface area contributed by atoms with E-state index in [0.717, 1.165) is 12.0 Å². The molecular weight excluding hydrogens is 242 g/mol. The van der Waals surface area contributed by atoms with Crippen LogP contribution in [-0.2, 0) is 22.6 Å². The second-order valence-electron chi connectivity index (χ2n) is 4.45. The van der Waals surface area contributed by atoms with Crippen LogP contribution in [0.15, 0.2) is 29.4 Å². The topological polar surface area (TPSA) is 70.6 Å². The first-order chi connectivity index (χ1) is 9.19.